The zero-order chi connectivity index (χ0) is 29.4. The van der Waals surface area contributed by atoms with Crippen LogP contribution in [0, 0.1) is 20.2 Å². The first-order valence-corrected chi connectivity index (χ1v) is 11.7. The van der Waals surface area contributed by atoms with Crippen molar-refractivity contribution in [2.45, 2.75) is 22.7 Å². The monoisotopic (exact) mass is 577 g/mol. The van der Waals surface area contributed by atoms with E-state index in [1.807, 2.05) is 4.72 Å². The number of non-ortho nitro benzene ring substituents is 2. The molecule has 17 heteroatoms. The van der Waals surface area contributed by atoms with Crippen LogP contribution in [-0.4, -0.2) is 36.4 Å². The Morgan fingerprint density at radius 2 is 1.21 bits per heavy atom. The van der Waals surface area contributed by atoms with Crippen LogP contribution in [0.1, 0.15) is 15.9 Å². The maximum Gasteiger partial charge on any atom is 0.414 e. The number of halogens is 6. The fraction of sp³-hybridized carbons (Fsp3) is 0.136. The Bertz CT molecular complexity index is 1490. The second-order valence-corrected chi connectivity index (χ2v) is 9.51. The summed E-state index contributed by atoms with van der Waals surface area (Å²) in [6.45, 7) is 0. The molecule has 39 heavy (non-hydrogen) atoms. The minimum atomic E-state index is -6.41. The predicted octanol–water partition coefficient (Wildman–Crippen LogP) is 5.55. The number of carbonyl (C=O) groups is 1. The Morgan fingerprint density at radius 3 is 1.62 bits per heavy atom. The van der Waals surface area contributed by atoms with Crippen molar-refractivity contribution in [3.8, 4) is 0 Å². The number of benzene rings is 3. The van der Waals surface area contributed by atoms with E-state index in [2.05, 4.69) is 0 Å². The highest BCUT2D eigenvalue weighted by Crippen LogP contribution is 2.54. The van der Waals surface area contributed by atoms with Gasteiger partial charge in [-0.2, -0.15) is 26.3 Å². The summed E-state index contributed by atoms with van der Waals surface area (Å²) in [6, 6.07) is 8.44. The van der Waals surface area contributed by atoms with Gasteiger partial charge in [-0.3, -0.25) is 29.7 Å². The summed E-state index contributed by atoms with van der Waals surface area (Å²) in [5.74, 6) is -2.77. The van der Waals surface area contributed by atoms with Gasteiger partial charge in [0.25, 0.3) is 21.4 Å². The van der Waals surface area contributed by atoms with E-state index in [-0.39, 0.29) is 35.2 Å². The van der Waals surface area contributed by atoms with Crippen molar-refractivity contribution in [1.29, 1.82) is 0 Å². The molecule has 0 bridgehead atoms. The molecule has 0 saturated carbocycles. The standard InChI is InChI=1S/C22H13F6N3O7S/c23-21(24,25)20(22(26,27)28,19(32)13-10-16(30(33)34)12-17(11-13)31(35)36)14-6-8-15(9-7-14)29-39(37,38)18-4-2-1-3-5-18/h1-12,29H. The average molecular weight is 577 g/mol. The fourth-order valence-corrected chi connectivity index (χ4v) is 4.71. The summed E-state index contributed by atoms with van der Waals surface area (Å²) in [6.07, 6.45) is -12.8. The number of nitro benzene ring substituents is 2. The Kier molecular flexibility index (Phi) is 7.42. The van der Waals surface area contributed by atoms with E-state index < -0.39 is 71.6 Å². The first-order chi connectivity index (χ1) is 17.9. The summed E-state index contributed by atoms with van der Waals surface area (Å²) in [4.78, 5) is 32.3. The van der Waals surface area contributed by atoms with Gasteiger partial charge in [0.1, 0.15) is 0 Å². The lowest BCUT2D eigenvalue weighted by molar-refractivity contribution is -0.394. The van der Waals surface area contributed by atoms with Gasteiger partial charge in [0.2, 0.25) is 5.41 Å². The van der Waals surface area contributed by atoms with Gasteiger partial charge in [-0.25, -0.2) is 8.42 Å². The normalized spacial score (nSPS) is 12.6. The number of sulfonamides is 1. The van der Waals surface area contributed by atoms with Gasteiger partial charge in [0, 0.05) is 23.4 Å². The topological polar surface area (TPSA) is 150 Å². The lowest BCUT2D eigenvalue weighted by atomic mass is 9.72. The van der Waals surface area contributed by atoms with E-state index in [1.165, 1.54) is 30.3 Å². The lowest BCUT2D eigenvalue weighted by Crippen LogP contribution is -2.59. The third kappa shape index (κ3) is 5.38. The number of hydrogen-bond donors (Lipinski definition) is 1. The summed E-state index contributed by atoms with van der Waals surface area (Å²) in [5.41, 5.74) is -11.7. The van der Waals surface area contributed by atoms with Crippen molar-refractivity contribution >= 4 is 32.9 Å². The maximum absolute atomic E-state index is 14.3. The summed E-state index contributed by atoms with van der Waals surface area (Å²) >= 11 is 0. The molecule has 0 aliphatic carbocycles. The van der Waals surface area contributed by atoms with Crippen LogP contribution < -0.4 is 4.72 Å². The molecule has 3 aromatic rings. The van der Waals surface area contributed by atoms with Gasteiger partial charge in [-0.05, 0) is 29.8 Å². The number of alkyl halides is 6. The van der Waals surface area contributed by atoms with Crippen LogP contribution >= 0.6 is 0 Å². The van der Waals surface area contributed by atoms with Crippen molar-refractivity contribution < 1.29 is 49.4 Å². The Morgan fingerprint density at radius 1 is 0.744 bits per heavy atom. The smallest absolute Gasteiger partial charge is 0.292 e. The zero-order valence-corrected chi connectivity index (χ0v) is 19.7. The third-order valence-electron chi connectivity index (χ3n) is 5.40. The maximum atomic E-state index is 14.3. The van der Waals surface area contributed by atoms with E-state index in [0.29, 0.717) is 12.1 Å². The molecular weight excluding hydrogens is 564 g/mol. The van der Waals surface area contributed by atoms with Gasteiger partial charge < -0.3 is 0 Å². The van der Waals surface area contributed by atoms with Crippen molar-refractivity contribution in [2.24, 2.45) is 0 Å². The molecular formula is C22H13F6N3O7S. The average Bonchev–Trinajstić information content (AvgIpc) is 2.83. The molecule has 0 amide bonds. The quantitative estimate of drug-likeness (QED) is 0.160. The number of Topliss-reactive ketones (excluding diaryl/α,β-unsaturated/α-hetero) is 1. The molecule has 206 valence electrons. The van der Waals surface area contributed by atoms with Crippen LogP contribution in [0.3, 0.4) is 0 Å². The molecule has 0 unspecified atom stereocenters. The van der Waals surface area contributed by atoms with Crippen molar-refractivity contribution in [3.05, 3.63) is 104 Å². The van der Waals surface area contributed by atoms with Gasteiger partial charge in [0.05, 0.1) is 20.8 Å². The molecule has 0 heterocycles. The third-order valence-corrected chi connectivity index (χ3v) is 6.80. The highest BCUT2D eigenvalue weighted by molar-refractivity contribution is 7.92. The molecule has 0 aliphatic heterocycles. The molecule has 3 aromatic carbocycles. The molecule has 0 fully saturated rings. The van der Waals surface area contributed by atoms with Gasteiger partial charge >= 0.3 is 12.4 Å². The van der Waals surface area contributed by atoms with E-state index in [1.54, 1.807) is 0 Å². The number of hydrogen-bond acceptors (Lipinski definition) is 7. The number of nitro groups is 2. The second-order valence-electron chi connectivity index (χ2n) is 7.82. The van der Waals surface area contributed by atoms with Crippen molar-refractivity contribution in [2.75, 3.05) is 4.72 Å². The van der Waals surface area contributed by atoms with Gasteiger partial charge in [-0.15, -0.1) is 0 Å². The Hall–Kier alpha value is -4.54. The van der Waals surface area contributed by atoms with Crippen LogP contribution in [0.15, 0.2) is 77.7 Å². The summed E-state index contributed by atoms with van der Waals surface area (Å²) < 4.78 is 113. The minimum Gasteiger partial charge on any atom is -0.292 e. The molecule has 0 radical (unpaired) electrons. The SMILES string of the molecule is O=C(c1cc([N+](=O)[O-])cc([N+](=O)[O-])c1)C(c1ccc(NS(=O)(=O)c2ccccc2)cc1)(C(F)(F)F)C(F)(F)F. The minimum absolute atomic E-state index is 0.0594. The Labute approximate surface area is 214 Å². The molecule has 0 spiro atoms. The van der Waals surface area contributed by atoms with E-state index >= 15 is 0 Å². The largest absolute Gasteiger partial charge is 0.414 e. The molecule has 10 nitrogen and oxygen atoms in total. The lowest BCUT2D eigenvalue weighted by Gasteiger charge is -2.36. The van der Waals surface area contributed by atoms with Gasteiger partial charge in [-0.1, -0.05) is 30.3 Å². The Balaban J connectivity index is 2.20. The number of rotatable bonds is 8. The highest BCUT2D eigenvalue weighted by atomic mass is 32.2. The number of ketones is 1. The molecule has 0 atom stereocenters. The molecule has 0 aliphatic rings. The second kappa shape index (κ2) is 9.97. The molecule has 0 aromatic heterocycles. The molecule has 0 saturated heterocycles. The summed E-state index contributed by atoms with van der Waals surface area (Å²) in [7, 11) is -4.29. The number of nitrogens with one attached hydrogen (secondary N) is 1. The van der Waals surface area contributed by atoms with E-state index in [0.717, 1.165) is 0 Å². The van der Waals surface area contributed by atoms with Crippen molar-refractivity contribution in [1.82, 2.24) is 0 Å². The highest BCUT2D eigenvalue weighted by Gasteiger charge is 2.76. The zero-order valence-electron chi connectivity index (χ0n) is 18.9. The number of anilines is 1. The fourth-order valence-electron chi connectivity index (χ4n) is 3.63. The molecule has 3 rings (SSSR count). The van der Waals surface area contributed by atoms with E-state index in [9.17, 15) is 59.8 Å². The van der Waals surface area contributed by atoms with Crippen molar-refractivity contribution in [3.63, 3.8) is 0 Å². The van der Waals surface area contributed by atoms with Crippen LogP contribution in [-0.2, 0) is 15.4 Å². The number of carbonyl (C=O) groups excluding carboxylic acids is 1. The van der Waals surface area contributed by atoms with Crippen LogP contribution in [0.4, 0.5) is 43.4 Å². The van der Waals surface area contributed by atoms with Crippen LogP contribution in [0.5, 0.6) is 0 Å². The van der Waals surface area contributed by atoms with Crippen LogP contribution in [0.2, 0.25) is 0 Å². The molecule has 1 N–H and O–H groups in total. The summed E-state index contributed by atoms with van der Waals surface area (Å²) in [5, 5.41) is 22.2. The first-order valence-electron chi connectivity index (χ1n) is 10.2. The predicted molar refractivity (Wildman–Crippen MR) is 122 cm³/mol. The number of nitrogens with zero attached hydrogens (tertiary/aromatic N) is 2. The van der Waals surface area contributed by atoms with E-state index in [4.69, 9.17) is 0 Å². The first kappa shape index (κ1) is 29.0. The van der Waals surface area contributed by atoms with Gasteiger partial charge in [0.15, 0.2) is 5.78 Å². The van der Waals surface area contributed by atoms with Crippen LogP contribution in [0.25, 0.3) is 0 Å².